The van der Waals surface area contributed by atoms with E-state index >= 15 is 0 Å². The van der Waals surface area contributed by atoms with Gasteiger partial charge in [-0.2, -0.15) is 4.98 Å². The molecule has 0 saturated carbocycles. The van der Waals surface area contributed by atoms with E-state index < -0.39 is 5.97 Å². The first-order valence-corrected chi connectivity index (χ1v) is 6.79. The third kappa shape index (κ3) is 3.34. The molecule has 6 heteroatoms. The molecule has 1 aromatic heterocycles. The Labute approximate surface area is 122 Å². The molecule has 0 aliphatic carbocycles. The van der Waals surface area contributed by atoms with Crippen molar-refractivity contribution in [1.82, 2.24) is 15.2 Å². The second-order valence-electron chi connectivity index (χ2n) is 4.58. The van der Waals surface area contributed by atoms with Gasteiger partial charge in [0.15, 0.2) is 0 Å². The molecule has 0 aliphatic rings. The van der Waals surface area contributed by atoms with Crippen LogP contribution in [0.15, 0.2) is 18.2 Å². The van der Waals surface area contributed by atoms with Gasteiger partial charge in [0.25, 0.3) is 0 Å². The molecule has 0 fully saturated rings. The summed E-state index contributed by atoms with van der Waals surface area (Å²) >= 11 is 0. The Hall–Kier alpha value is -2.50. The summed E-state index contributed by atoms with van der Waals surface area (Å²) in [4.78, 5) is 15.3. The summed E-state index contributed by atoms with van der Waals surface area (Å²) in [5.41, 5.74) is 2.65. The number of carboxylic acids is 1. The van der Waals surface area contributed by atoms with Crippen molar-refractivity contribution < 1.29 is 14.6 Å². The van der Waals surface area contributed by atoms with E-state index in [9.17, 15) is 4.79 Å². The van der Waals surface area contributed by atoms with E-state index in [2.05, 4.69) is 15.2 Å². The molecule has 0 aliphatic heterocycles. The van der Waals surface area contributed by atoms with Crippen molar-refractivity contribution in [3.8, 4) is 11.8 Å². The number of nitrogens with zero attached hydrogens (tertiary/aromatic N) is 3. The first kappa shape index (κ1) is 14.9. The molecule has 2 rings (SSSR count). The van der Waals surface area contributed by atoms with Gasteiger partial charge >= 0.3 is 12.0 Å². The van der Waals surface area contributed by atoms with Gasteiger partial charge in [0, 0.05) is 0 Å². The second-order valence-corrected chi connectivity index (χ2v) is 4.58. The highest BCUT2D eigenvalue weighted by atomic mass is 16.5. The minimum atomic E-state index is -1.01. The molecule has 110 valence electrons. The second kappa shape index (κ2) is 6.30. The van der Waals surface area contributed by atoms with Crippen LogP contribution in [-0.4, -0.2) is 26.3 Å². The van der Waals surface area contributed by atoms with Gasteiger partial charge in [0.1, 0.15) is 5.75 Å². The fourth-order valence-corrected chi connectivity index (χ4v) is 1.91. The van der Waals surface area contributed by atoms with Crippen LogP contribution in [0.1, 0.15) is 41.2 Å². The van der Waals surface area contributed by atoms with Crippen molar-refractivity contribution >= 4 is 5.97 Å². The first-order chi connectivity index (χ1) is 10.0. The highest BCUT2D eigenvalue weighted by molar-refractivity contribution is 5.88. The Balaban J connectivity index is 2.33. The van der Waals surface area contributed by atoms with E-state index in [1.54, 1.807) is 6.07 Å². The lowest BCUT2D eigenvalue weighted by Gasteiger charge is -2.09. The third-order valence-corrected chi connectivity index (χ3v) is 3.13. The van der Waals surface area contributed by atoms with Crippen molar-refractivity contribution in [2.24, 2.45) is 0 Å². The van der Waals surface area contributed by atoms with Crippen molar-refractivity contribution in [2.45, 2.75) is 33.6 Å². The topological polar surface area (TPSA) is 85.2 Å². The van der Waals surface area contributed by atoms with Crippen LogP contribution in [0.4, 0.5) is 0 Å². The van der Waals surface area contributed by atoms with E-state index in [-0.39, 0.29) is 11.6 Å². The van der Waals surface area contributed by atoms with E-state index in [1.165, 1.54) is 12.1 Å². The minimum Gasteiger partial charge on any atom is -0.478 e. The van der Waals surface area contributed by atoms with E-state index in [1.807, 2.05) is 20.8 Å². The third-order valence-electron chi connectivity index (χ3n) is 3.13. The van der Waals surface area contributed by atoms with Gasteiger partial charge in [0.2, 0.25) is 0 Å². The largest absolute Gasteiger partial charge is 0.478 e. The average Bonchev–Trinajstić information content (AvgIpc) is 2.49. The standard InChI is InChI=1S/C15H17N3O3/c1-4-11-12(5-2)17-18-15(16-11)21-13-8-10(14(19)20)7-6-9(13)3/h6-8H,4-5H2,1-3H3,(H,19,20). The van der Waals surface area contributed by atoms with Gasteiger partial charge in [-0.25, -0.2) is 4.79 Å². The molecule has 0 radical (unpaired) electrons. The Morgan fingerprint density at radius 3 is 2.52 bits per heavy atom. The van der Waals surface area contributed by atoms with Crippen molar-refractivity contribution in [2.75, 3.05) is 0 Å². The fraction of sp³-hybridized carbons (Fsp3) is 0.333. The quantitative estimate of drug-likeness (QED) is 0.910. The molecule has 2 aromatic rings. The number of hydrogen-bond acceptors (Lipinski definition) is 5. The summed E-state index contributed by atoms with van der Waals surface area (Å²) in [5.74, 6) is -0.586. The molecular formula is C15H17N3O3. The monoisotopic (exact) mass is 287 g/mol. The van der Waals surface area contributed by atoms with Gasteiger partial charge < -0.3 is 9.84 Å². The van der Waals surface area contributed by atoms with Gasteiger partial charge in [-0.3, -0.25) is 0 Å². The molecule has 6 nitrogen and oxygen atoms in total. The van der Waals surface area contributed by atoms with E-state index in [4.69, 9.17) is 9.84 Å². The molecule has 0 saturated heterocycles. The lowest BCUT2D eigenvalue weighted by Crippen LogP contribution is -2.05. The SMILES string of the molecule is CCc1nnc(Oc2cc(C(=O)O)ccc2C)nc1CC. The molecule has 1 heterocycles. The molecule has 0 spiro atoms. The number of aromatic nitrogens is 3. The Bertz CT molecular complexity index is 671. The molecule has 1 aromatic carbocycles. The summed E-state index contributed by atoms with van der Waals surface area (Å²) in [7, 11) is 0. The Morgan fingerprint density at radius 2 is 1.90 bits per heavy atom. The normalized spacial score (nSPS) is 10.4. The Morgan fingerprint density at radius 1 is 1.19 bits per heavy atom. The lowest BCUT2D eigenvalue weighted by molar-refractivity contribution is 0.0696. The average molecular weight is 287 g/mol. The van der Waals surface area contributed by atoms with E-state index in [0.717, 1.165) is 29.8 Å². The molecular weight excluding hydrogens is 270 g/mol. The van der Waals surface area contributed by atoms with Gasteiger partial charge in [-0.15, -0.1) is 5.10 Å². The van der Waals surface area contributed by atoms with Crippen LogP contribution in [0, 0.1) is 6.92 Å². The van der Waals surface area contributed by atoms with Crippen LogP contribution in [0.3, 0.4) is 0 Å². The highest BCUT2D eigenvalue weighted by Gasteiger charge is 2.11. The van der Waals surface area contributed by atoms with Crippen LogP contribution in [-0.2, 0) is 12.8 Å². The van der Waals surface area contributed by atoms with Crippen LogP contribution >= 0.6 is 0 Å². The first-order valence-electron chi connectivity index (χ1n) is 6.79. The number of benzene rings is 1. The molecule has 1 N–H and O–H groups in total. The number of carbonyl (C=O) groups is 1. The number of rotatable bonds is 5. The number of aryl methyl sites for hydroxylation is 3. The zero-order valence-electron chi connectivity index (χ0n) is 12.3. The summed E-state index contributed by atoms with van der Waals surface area (Å²) < 4.78 is 5.59. The summed E-state index contributed by atoms with van der Waals surface area (Å²) in [6, 6.07) is 4.81. The molecule has 0 unspecified atom stereocenters. The maximum absolute atomic E-state index is 11.0. The lowest BCUT2D eigenvalue weighted by atomic mass is 10.1. The van der Waals surface area contributed by atoms with Crippen molar-refractivity contribution in [1.29, 1.82) is 0 Å². The van der Waals surface area contributed by atoms with Crippen molar-refractivity contribution in [3.05, 3.63) is 40.7 Å². The Kier molecular flexibility index (Phi) is 4.47. The maximum atomic E-state index is 11.0. The summed E-state index contributed by atoms with van der Waals surface area (Å²) in [6.45, 7) is 5.81. The minimum absolute atomic E-state index is 0.134. The molecule has 21 heavy (non-hydrogen) atoms. The zero-order valence-corrected chi connectivity index (χ0v) is 12.3. The summed E-state index contributed by atoms with van der Waals surface area (Å²) in [6.07, 6.45) is 1.50. The maximum Gasteiger partial charge on any atom is 0.341 e. The number of hydrogen-bond donors (Lipinski definition) is 1. The summed E-state index contributed by atoms with van der Waals surface area (Å²) in [5, 5.41) is 17.1. The molecule has 0 bridgehead atoms. The van der Waals surface area contributed by atoms with Gasteiger partial charge in [-0.1, -0.05) is 25.0 Å². The molecule has 0 amide bonds. The number of carboxylic acid groups (broad SMARTS) is 1. The number of ether oxygens (including phenoxy) is 1. The molecule has 0 atom stereocenters. The zero-order chi connectivity index (χ0) is 15.4. The fourth-order valence-electron chi connectivity index (χ4n) is 1.91. The van der Waals surface area contributed by atoms with Gasteiger partial charge in [-0.05, 0) is 37.5 Å². The van der Waals surface area contributed by atoms with E-state index in [0.29, 0.717) is 5.75 Å². The smallest absolute Gasteiger partial charge is 0.341 e. The van der Waals surface area contributed by atoms with Crippen LogP contribution in [0.5, 0.6) is 11.8 Å². The van der Waals surface area contributed by atoms with Gasteiger partial charge in [0.05, 0.1) is 17.0 Å². The highest BCUT2D eigenvalue weighted by Crippen LogP contribution is 2.24. The number of aromatic carboxylic acids is 1. The van der Waals surface area contributed by atoms with Crippen LogP contribution < -0.4 is 4.74 Å². The van der Waals surface area contributed by atoms with Crippen molar-refractivity contribution in [3.63, 3.8) is 0 Å². The predicted molar refractivity (Wildman–Crippen MR) is 76.8 cm³/mol. The predicted octanol–water partition coefficient (Wildman–Crippen LogP) is 2.80. The van der Waals surface area contributed by atoms with Crippen LogP contribution in [0.25, 0.3) is 0 Å². The van der Waals surface area contributed by atoms with Crippen LogP contribution in [0.2, 0.25) is 0 Å².